The van der Waals surface area contributed by atoms with Crippen molar-refractivity contribution in [2.75, 3.05) is 32.8 Å². The van der Waals surface area contributed by atoms with Crippen molar-refractivity contribution in [3.8, 4) is 0 Å². The molecule has 4 heteroatoms. The Morgan fingerprint density at radius 1 is 1.14 bits per heavy atom. The fourth-order valence-electron chi connectivity index (χ4n) is 1.66. The maximum absolute atomic E-state index is 9.04. The van der Waals surface area contributed by atoms with E-state index in [1.807, 2.05) is 11.9 Å². The standard InChI is InChI=1S/C10H22N2OS/c1-9(2)14-12-6-4-11(5-7-12)10(3)8-13/h9-10,13H,4-8H2,1-3H3. The third-order valence-electron chi connectivity index (χ3n) is 2.52. The summed E-state index contributed by atoms with van der Waals surface area (Å²) in [6.45, 7) is 11.2. The second kappa shape index (κ2) is 5.95. The summed E-state index contributed by atoms with van der Waals surface area (Å²) >= 11 is 1.94. The van der Waals surface area contributed by atoms with E-state index in [9.17, 15) is 0 Å². The van der Waals surface area contributed by atoms with Gasteiger partial charge in [-0.05, 0) is 6.92 Å². The van der Waals surface area contributed by atoms with Crippen molar-refractivity contribution in [3.05, 3.63) is 0 Å². The van der Waals surface area contributed by atoms with Gasteiger partial charge in [-0.15, -0.1) is 0 Å². The van der Waals surface area contributed by atoms with Crippen LogP contribution in [0.25, 0.3) is 0 Å². The molecule has 1 aliphatic heterocycles. The lowest BCUT2D eigenvalue weighted by molar-refractivity contribution is 0.103. The third-order valence-corrected chi connectivity index (χ3v) is 3.61. The highest BCUT2D eigenvalue weighted by atomic mass is 32.2. The number of rotatable bonds is 4. The first kappa shape index (κ1) is 12.3. The zero-order chi connectivity index (χ0) is 10.6. The van der Waals surface area contributed by atoms with Gasteiger partial charge >= 0.3 is 0 Å². The van der Waals surface area contributed by atoms with Crippen LogP contribution in [0.5, 0.6) is 0 Å². The minimum atomic E-state index is 0.275. The minimum absolute atomic E-state index is 0.275. The predicted molar refractivity (Wildman–Crippen MR) is 62.4 cm³/mol. The molecule has 0 spiro atoms. The fraction of sp³-hybridized carbons (Fsp3) is 1.00. The van der Waals surface area contributed by atoms with E-state index in [2.05, 4.69) is 30.0 Å². The highest BCUT2D eigenvalue weighted by Gasteiger charge is 2.21. The first-order valence-corrected chi connectivity index (χ1v) is 6.23. The normalized spacial score (nSPS) is 22.9. The van der Waals surface area contributed by atoms with Crippen LogP contribution in [0.1, 0.15) is 20.8 Å². The van der Waals surface area contributed by atoms with Gasteiger partial charge in [0.25, 0.3) is 0 Å². The Labute approximate surface area is 91.6 Å². The molecular weight excluding hydrogens is 196 g/mol. The summed E-state index contributed by atoms with van der Waals surface area (Å²) in [5.41, 5.74) is 0. The van der Waals surface area contributed by atoms with Crippen molar-refractivity contribution in [3.63, 3.8) is 0 Å². The molecule has 14 heavy (non-hydrogen) atoms. The maximum Gasteiger partial charge on any atom is 0.0584 e. The van der Waals surface area contributed by atoms with E-state index in [4.69, 9.17) is 5.11 Å². The van der Waals surface area contributed by atoms with E-state index < -0.39 is 0 Å². The smallest absolute Gasteiger partial charge is 0.0584 e. The van der Waals surface area contributed by atoms with Crippen molar-refractivity contribution >= 4 is 11.9 Å². The van der Waals surface area contributed by atoms with Crippen LogP contribution in [0.3, 0.4) is 0 Å². The fourth-order valence-corrected chi connectivity index (χ4v) is 2.63. The van der Waals surface area contributed by atoms with E-state index in [0.29, 0.717) is 11.3 Å². The van der Waals surface area contributed by atoms with Crippen LogP contribution in [0, 0.1) is 0 Å². The summed E-state index contributed by atoms with van der Waals surface area (Å²) in [6, 6.07) is 0.321. The van der Waals surface area contributed by atoms with Crippen LogP contribution in [0.2, 0.25) is 0 Å². The van der Waals surface area contributed by atoms with Gasteiger partial charge in [-0.25, -0.2) is 4.31 Å². The summed E-state index contributed by atoms with van der Waals surface area (Å²) < 4.78 is 2.44. The molecule has 1 atom stereocenters. The molecule has 1 aliphatic rings. The molecule has 1 N–H and O–H groups in total. The molecule has 0 radical (unpaired) electrons. The minimum Gasteiger partial charge on any atom is -0.395 e. The first-order chi connectivity index (χ1) is 6.63. The predicted octanol–water partition coefficient (Wildman–Crippen LogP) is 1.04. The molecule has 0 bridgehead atoms. The number of hydrogen-bond acceptors (Lipinski definition) is 4. The van der Waals surface area contributed by atoms with E-state index in [-0.39, 0.29) is 6.61 Å². The Kier molecular flexibility index (Phi) is 5.23. The second-order valence-corrected chi connectivity index (χ2v) is 5.82. The first-order valence-electron chi connectivity index (χ1n) is 5.40. The Balaban J connectivity index is 2.24. The lowest BCUT2D eigenvalue weighted by Crippen LogP contribution is -2.48. The van der Waals surface area contributed by atoms with Gasteiger partial charge in [0.05, 0.1) is 6.61 Å². The van der Waals surface area contributed by atoms with E-state index in [0.717, 1.165) is 26.2 Å². The summed E-state index contributed by atoms with van der Waals surface area (Å²) in [5.74, 6) is 0. The summed E-state index contributed by atoms with van der Waals surface area (Å²) in [6.07, 6.45) is 0. The van der Waals surface area contributed by atoms with Crippen molar-refractivity contribution in [1.82, 2.24) is 9.21 Å². The van der Waals surface area contributed by atoms with Crippen LogP contribution >= 0.6 is 11.9 Å². The van der Waals surface area contributed by atoms with Crippen molar-refractivity contribution < 1.29 is 5.11 Å². The topological polar surface area (TPSA) is 26.7 Å². The highest BCUT2D eigenvalue weighted by Crippen LogP contribution is 2.18. The van der Waals surface area contributed by atoms with Crippen molar-refractivity contribution in [2.45, 2.75) is 32.1 Å². The van der Waals surface area contributed by atoms with Gasteiger partial charge in [0.15, 0.2) is 0 Å². The van der Waals surface area contributed by atoms with Crippen LogP contribution in [0.15, 0.2) is 0 Å². The molecule has 1 rings (SSSR count). The summed E-state index contributed by atoms with van der Waals surface area (Å²) in [5, 5.41) is 9.72. The molecule has 1 fully saturated rings. The van der Waals surface area contributed by atoms with E-state index in [1.165, 1.54) is 0 Å². The third kappa shape index (κ3) is 3.77. The quantitative estimate of drug-likeness (QED) is 0.713. The lowest BCUT2D eigenvalue weighted by atomic mass is 10.2. The van der Waals surface area contributed by atoms with Crippen molar-refractivity contribution in [1.29, 1.82) is 0 Å². The average molecular weight is 218 g/mol. The molecule has 0 aliphatic carbocycles. The van der Waals surface area contributed by atoms with Gasteiger partial charge in [0.2, 0.25) is 0 Å². The highest BCUT2D eigenvalue weighted by molar-refractivity contribution is 7.97. The Hall–Kier alpha value is 0.230. The Morgan fingerprint density at radius 3 is 2.14 bits per heavy atom. The zero-order valence-corrected chi connectivity index (χ0v) is 10.3. The van der Waals surface area contributed by atoms with Crippen LogP contribution in [-0.4, -0.2) is 58.4 Å². The van der Waals surface area contributed by atoms with Gasteiger partial charge in [0.1, 0.15) is 0 Å². The van der Waals surface area contributed by atoms with Crippen LogP contribution in [-0.2, 0) is 0 Å². The number of piperazine rings is 1. The monoisotopic (exact) mass is 218 g/mol. The molecule has 3 nitrogen and oxygen atoms in total. The summed E-state index contributed by atoms with van der Waals surface area (Å²) in [4.78, 5) is 2.36. The average Bonchev–Trinajstić information content (AvgIpc) is 2.17. The van der Waals surface area contributed by atoms with Gasteiger partial charge in [-0.3, -0.25) is 4.90 Å². The van der Waals surface area contributed by atoms with Crippen LogP contribution in [0.4, 0.5) is 0 Å². The number of aliphatic hydroxyl groups excluding tert-OH is 1. The maximum atomic E-state index is 9.04. The van der Waals surface area contributed by atoms with E-state index >= 15 is 0 Å². The Morgan fingerprint density at radius 2 is 1.71 bits per heavy atom. The summed E-state index contributed by atoms with van der Waals surface area (Å²) in [7, 11) is 0. The number of nitrogens with zero attached hydrogens (tertiary/aromatic N) is 2. The van der Waals surface area contributed by atoms with Crippen LogP contribution < -0.4 is 0 Å². The van der Waals surface area contributed by atoms with E-state index in [1.54, 1.807) is 0 Å². The lowest BCUT2D eigenvalue weighted by Gasteiger charge is -2.37. The molecule has 0 aromatic carbocycles. The second-order valence-electron chi connectivity index (χ2n) is 4.15. The van der Waals surface area contributed by atoms with Gasteiger partial charge < -0.3 is 5.11 Å². The number of hydrogen-bond donors (Lipinski definition) is 1. The van der Waals surface area contributed by atoms with Crippen molar-refractivity contribution in [2.24, 2.45) is 0 Å². The molecule has 1 heterocycles. The van der Waals surface area contributed by atoms with Gasteiger partial charge in [-0.1, -0.05) is 25.8 Å². The number of aliphatic hydroxyl groups is 1. The molecule has 0 aromatic heterocycles. The molecule has 0 aromatic rings. The Bertz CT molecular complexity index is 158. The molecule has 0 amide bonds. The molecular formula is C10H22N2OS. The van der Waals surface area contributed by atoms with Gasteiger partial charge in [0, 0.05) is 37.5 Å². The van der Waals surface area contributed by atoms with Gasteiger partial charge in [-0.2, -0.15) is 0 Å². The zero-order valence-electron chi connectivity index (χ0n) is 9.44. The molecule has 84 valence electrons. The largest absolute Gasteiger partial charge is 0.395 e. The molecule has 1 saturated heterocycles. The SMILES string of the molecule is CC(C)SN1CCN(C(C)CO)CC1. The molecule has 1 unspecified atom stereocenters. The molecule has 0 saturated carbocycles.